The van der Waals surface area contributed by atoms with Crippen molar-refractivity contribution in [2.24, 2.45) is 0 Å². The zero-order valence-corrected chi connectivity index (χ0v) is 15.6. The lowest BCUT2D eigenvalue weighted by Gasteiger charge is -2.09. The number of ether oxygens (including phenoxy) is 2. The smallest absolute Gasteiger partial charge is 0.234 e. The first-order valence-corrected chi connectivity index (χ1v) is 8.95. The summed E-state index contributed by atoms with van der Waals surface area (Å²) in [7, 11) is 1.63. The molecule has 2 aromatic heterocycles. The fourth-order valence-electron chi connectivity index (χ4n) is 3.04. The number of hydrogen-bond donors (Lipinski definition) is 1. The van der Waals surface area contributed by atoms with Crippen LogP contribution in [-0.2, 0) is 0 Å². The van der Waals surface area contributed by atoms with Gasteiger partial charge in [0.25, 0.3) is 0 Å². The number of hydrogen-bond acceptors (Lipinski definition) is 6. The molecule has 2 heterocycles. The summed E-state index contributed by atoms with van der Waals surface area (Å²) in [6, 6.07) is 17.5. The Balaban J connectivity index is 1.96. The number of nitrogens with zero attached hydrogens (tertiary/aromatic N) is 2. The molecule has 142 valence electrons. The second-order valence-corrected chi connectivity index (χ2v) is 6.42. The van der Waals surface area contributed by atoms with Crippen molar-refractivity contribution < 1.29 is 19.0 Å². The molecule has 6 heteroatoms. The van der Waals surface area contributed by atoms with Gasteiger partial charge in [-0.2, -0.15) is 0 Å². The van der Waals surface area contributed by atoms with Gasteiger partial charge in [-0.15, -0.1) is 0 Å². The average molecular weight is 376 g/mol. The lowest BCUT2D eigenvalue weighted by atomic mass is 9.99. The Labute approximate surface area is 162 Å². The molecule has 0 radical (unpaired) electrons. The van der Waals surface area contributed by atoms with Crippen LogP contribution in [0.2, 0.25) is 0 Å². The van der Waals surface area contributed by atoms with Gasteiger partial charge in [0.1, 0.15) is 29.8 Å². The summed E-state index contributed by atoms with van der Waals surface area (Å²) in [5.74, 6) is 1.82. The number of aliphatic hydroxyl groups is 1. The third kappa shape index (κ3) is 3.42. The summed E-state index contributed by atoms with van der Waals surface area (Å²) < 4.78 is 17.1. The molecule has 0 unspecified atom stereocenters. The van der Waals surface area contributed by atoms with Gasteiger partial charge in [0.05, 0.1) is 13.2 Å². The summed E-state index contributed by atoms with van der Waals surface area (Å²) in [4.78, 5) is 8.57. The van der Waals surface area contributed by atoms with E-state index in [0.29, 0.717) is 22.7 Å². The predicted molar refractivity (Wildman–Crippen MR) is 106 cm³/mol. The number of aromatic nitrogens is 2. The molecule has 0 saturated heterocycles. The summed E-state index contributed by atoms with van der Waals surface area (Å²) in [6.45, 7) is 1.79. The molecular weight excluding hydrogens is 356 g/mol. The summed E-state index contributed by atoms with van der Waals surface area (Å²) >= 11 is 0. The fourth-order valence-corrected chi connectivity index (χ4v) is 3.04. The minimum atomic E-state index is -0.616. The molecule has 0 aliphatic carbocycles. The molecule has 1 atom stereocenters. The van der Waals surface area contributed by atoms with E-state index in [1.165, 1.54) is 6.33 Å². The molecule has 0 bridgehead atoms. The van der Waals surface area contributed by atoms with E-state index in [9.17, 15) is 5.11 Å². The van der Waals surface area contributed by atoms with Gasteiger partial charge in [-0.1, -0.05) is 42.5 Å². The Morgan fingerprint density at radius 3 is 2.43 bits per heavy atom. The van der Waals surface area contributed by atoms with Crippen LogP contribution in [0.4, 0.5) is 0 Å². The van der Waals surface area contributed by atoms with E-state index in [1.54, 1.807) is 14.0 Å². The zero-order chi connectivity index (χ0) is 19.5. The van der Waals surface area contributed by atoms with Crippen molar-refractivity contribution in [1.29, 1.82) is 0 Å². The SMILES string of the molecule is COc1ccc(-c2c(-c3ccccc3)oc3ncnc(OC[C@@H](C)O)c23)cc1. The first-order valence-electron chi connectivity index (χ1n) is 8.95. The average Bonchev–Trinajstić information content (AvgIpc) is 3.13. The van der Waals surface area contributed by atoms with Crippen LogP contribution in [0, 0.1) is 0 Å². The maximum atomic E-state index is 9.61. The Hall–Kier alpha value is -3.38. The van der Waals surface area contributed by atoms with Gasteiger partial charge in [0.15, 0.2) is 0 Å². The Kier molecular flexibility index (Phi) is 4.95. The second-order valence-electron chi connectivity index (χ2n) is 6.42. The highest BCUT2D eigenvalue weighted by molar-refractivity contribution is 6.03. The summed E-state index contributed by atoms with van der Waals surface area (Å²) in [6.07, 6.45) is 0.783. The van der Waals surface area contributed by atoms with Crippen LogP contribution in [0.5, 0.6) is 11.6 Å². The number of rotatable bonds is 6. The maximum Gasteiger partial charge on any atom is 0.234 e. The van der Waals surface area contributed by atoms with E-state index in [1.807, 2.05) is 54.6 Å². The van der Waals surface area contributed by atoms with Gasteiger partial charge in [-0.05, 0) is 24.6 Å². The van der Waals surface area contributed by atoms with Crippen LogP contribution >= 0.6 is 0 Å². The number of aliphatic hydroxyl groups excluding tert-OH is 1. The quantitative estimate of drug-likeness (QED) is 0.540. The summed E-state index contributed by atoms with van der Waals surface area (Å²) in [5, 5.41) is 10.3. The van der Waals surface area contributed by atoms with Crippen LogP contribution in [-0.4, -0.2) is 34.9 Å². The standard InChI is InChI=1S/C22H20N2O4/c1-14(25)12-27-21-19-18(15-8-10-17(26-2)11-9-15)20(16-6-4-3-5-7-16)28-22(19)24-13-23-21/h3-11,13-14,25H,12H2,1-2H3/t14-/m1/s1. The van der Waals surface area contributed by atoms with Crippen molar-refractivity contribution in [2.75, 3.05) is 13.7 Å². The molecule has 0 fully saturated rings. The fraction of sp³-hybridized carbons (Fsp3) is 0.182. The van der Waals surface area contributed by atoms with Gasteiger partial charge in [0.2, 0.25) is 11.6 Å². The van der Waals surface area contributed by atoms with Crippen LogP contribution in [0.25, 0.3) is 33.6 Å². The number of fused-ring (bicyclic) bond motifs is 1. The normalized spacial score (nSPS) is 12.1. The topological polar surface area (TPSA) is 77.6 Å². The molecule has 1 N–H and O–H groups in total. The molecule has 4 rings (SSSR count). The Morgan fingerprint density at radius 1 is 1.00 bits per heavy atom. The van der Waals surface area contributed by atoms with Crippen molar-refractivity contribution in [3.8, 4) is 34.1 Å². The van der Waals surface area contributed by atoms with Crippen LogP contribution in [0.15, 0.2) is 65.3 Å². The Morgan fingerprint density at radius 2 is 1.75 bits per heavy atom. The van der Waals surface area contributed by atoms with Gasteiger partial charge < -0.3 is 19.0 Å². The largest absolute Gasteiger partial charge is 0.497 e. The highest BCUT2D eigenvalue weighted by Crippen LogP contribution is 2.43. The van der Waals surface area contributed by atoms with Gasteiger partial charge >= 0.3 is 0 Å². The van der Waals surface area contributed by atoms with E-state index in [-0.39, 0.29) is 6.61 Å². The van der Waals surface area contributed by atoms with Crippen LogP contribution in [0.3, 0.4) is 0 Å². The molecule has 0 amide bonds. The van der Waals surface area contributed by atoms with E-state index < -0.39 is 6.10 Å². The molecule has 6 nitrogen and oxygen atoms in total. The van der Waals surface area contributed by atoms with Crippen molar-refractivity contribution in [1.82, 2.24) is 9.97 Å². The third-order valence-electron chi connectivity index (χ3n) is 4.33. The third-order valence-corrected chi connectivity index (χ3v) is 4.33. The number of benzene rings is 2. The number of furan rings is 1. The van der Waals surface area contributed by atoms with Gasteiger partial charge in [-0.25, -0.2) is 9.97 Å². The molecule has 2 aromatic carbocycles. The van der Waals surface area contributed by atoms with Crippen LogP contribution < -0.4 is 9.47 Å². The summed E-state index contributed by atoms with van der Waals surface area (Å²) in [5.41, 5.74) is 3.12. The van der Waals surface area contributed by atoms with Crippen molar-refractivity contribution >= 4 is 11.1 Å². The maximum absolute atomic E-state index is 9.61. The van der Waals surface area contributed by atoms with Gasteiger partial charge in [0, 0.05) is 11.1 Å². The lowest BCUT2D eigenvalue weighted by molar-refractivity contribution is 0.121. The molecule has 0 spiro atoms. The van der Waals surface area contributed by atoms with Crippen LogP contribution in [0.1, 0.15) is 6.92 Å². The van der Waals surface area contributed by atoms with Crippen molar-refractivity contribution in [3.05, 3.63) is 60.9 Å². The minimum Gasteiger partial charge on any atom is -0.497 e. The minimum absolute atomic E-state index is 0.125. The molecule has 28 heavy (non-hydrogen) atoms. The first-order chi connectivity index (χ1) is 13.7. The first kappa shape index (κ1) is 18.0. The molecule has 0 saturated carbocycles. The van der Waals surface area contributed by atoms with E-state index in [2.05, 4.69) is 9.97 Å². The van der Waals surface area contributed by atoms with E-state index >= 15 is 0 Å². The highest BCUT2D eigenvalue weighted by Gasteiger charge is 2.23. The van der Waals surface area contributed by atoms with E-state index in [4.69, 9.17) is 13.9 Å². The molecule has 4 aromatic rings. The lowest BCUT2D eigenvalue weighted by Crippen LogP contribution is -2.13. The highest BCUT2D eigenvalue weighted by atomic mass is 16.5. The molecule has 0 aliphatic heterocycles. The van der Waals surface area contributed by atoms with Gasteiger partial charge in [-0.3, -0.25) is 0 Å². The van der Waals surface area contributed by atoms with Crippen molar-refractivity contribution in [2.45, 2.75) is 13.0 Å². The number of methoxy groups -OCH3 is 1. The monoisotopic (exact) mass is 376 g/mol. The second kappa shape index (κ2) is 7.70. The molecular formula is C22H20N2O4. The molecule has 0 aliphatic rings. The predicted octanol–water partition coefficient (Wildman–Crippen LogP) is 4.33. The van der Waals surface area contributed by atoms with Crippen molar-refractivity contribution in [3.63, 3.8) is 0 Å². The zero-order valence-electron chi connectivity index (χ0n) is 15.6. The Bertz CT molecular complexity index is 1070. The van der Waals surface area contributed by atoms with E-state index in [0.717, 1.165) is 22.4 Å².